The van der Waals surface area contributed by atoms with E-state index in [9.17, 15) is 8.42 Å². The quantitative estimate of drug-likeness (QED) is 0.777. The third-order valence-corrected chi connectivity index (χ3v) is 5.76. The second-order valence-electron chi connectivity index (χ2n) is 5.93. The van der Waals surface area contributed by atoms with Crippen molar-refractivity contribution < 1.29 is 18.1 Å². The van der Waals surface area contributed by atoms with E-state index >= 15 is 0 Å². The van der Waals surface area contributed by atoms with Gasteiger partial charge in [0.2, 0.25) is 21.8 Å². The molecule has 134 valence electrons. The SMILES string of the molecule is C[NH+](C)c1ccnc(Nc2cccc(S(=O)(=O)N3CCOCC3)c2)n1. The summed E-state index contributed by atoms with van der Waals surface area (Å²) >= 11 is 0. The molecular formula is C16H22N5O3S+. The summed E-state index contributed by atoms with van der Waals surface area (Å²) < 4.78 is 32.2. The van der Waals surface area contributed by atoms with Crippen molar-refractivity contribution in [3.8, 4) is 0 Å². The first-order valence-corrected chi connectivity index (χ1v) is 9.49. The van der Waals surface area contributed by atoms with Crippen molar-refractivity contribution in [2.45, 2.75) is 4.90 Å². The first-order valence-electron chi connectivity index (χ1n) is 8.05. The maximum atomic E-state index is 12.7. The molecule has 1 aliphatic rings. The molecular weight excluding hydrogens is 342 g/mol. The lowest BCUT2D eigenvalue weighted by atomic mass is 10.3. The maximum absolute atomic E-state index is 12.7. The van der Waals surface area contributed by atoms with Gasteiger partial charge in [-0.15, -0.1) is 0 Å². The van der Waals surface area contributed by atoms with Crippen molar-refractivity contribution in [1.82, 2.24) is 14.3 Å². The molecule has 8 nitrogen and oxygen atoms in total. The van der Waals surface area contributed by atoms with Gasteiger partial charge in [-0.25, -0.2) is 13.4 Å². The Morgan fingerprint density at radius 3 is 2.68 bits per heavy atom. The van der Waals surface area contributed by atoms with E-state index in [1.165, 1.54) is 4.31 Å². The Kier molecular flexibility index (Phi) is 5.28. The summed E-state index contributed by atoms with van der Waals surface area (Å²) in [4.78, 5) is 9.92. The first-order chi connectivity index (χ1) is 12.0. The number of morpholine rings is 1. The fourth-order valence-electron chi connectivity index (χ4n) is 2.50. The highest BCUT2D eigenvalue weighted by Gasteiger charge is 2.26. The van der Waals surface area contributed by atoms with E-state index < -0.39 is 10.0 Å². The lowest BCUT2D eigenvalue weighted by Crippen LogP contribution is -3.00. The number of hydrogen-bond acceptors (Lipinski definition) is 6. The van der Waals surface area contributed by atoms with Gasteiger partial charge in [0.15, 0.2) is 0 Å². The largest absolute Gasteiger partial charge is 0.379 e. The number of aromatic nitrogens is 2. The summed E-state index contributed by atoms with van der Waals surface area (Å²) in [5.74, 6) is 1.27. The Balaban J connectivity index is 1.83. The number of benzene rings is 1. The molecule has 0 bridgehead atoms. The molecule has 2 aromatic rings. The Bertz CT molecular complexity index is 835. The van der Waals surface area contributed by atoms with E-state index in [1.807, 2.05) is 20.2 Å². The molecule has 0 radical (unpaired) electrons. The minimum Gasteiger partial charge on any atom is -0.379 e. The lowest BCUT2D eigenvalue weighted by molar-refractivity contribution is -0.789. The fraction of sp³-hybridized carbons (Fsp3) is 0.375. The molecule has 1 aliphatic heterocycles. The zero-order valence-corrected chi connectivity index (χ0v) is 15.1. The highest BCUT2D eigenvalue weighted by atomic mass is 32.2. The van der Waals surface area contributed by atoms with E-state index in [2.05, 4.69) is 15.3 Å². The van der Waals surface area contributed by atoms with E-state index in [1.54, 1.807) is 30.5 Å². The van der Waals surface area contributed by atoms with E-state index in [4.69, 9.17) is 4.74 Å². The van der Waals surface area contributed by atoms with Crippen molar-refractivity contribution in [1.29, 1.82) is 0 Å². The standard InChI is InChI=1S/C16H21N5O3S/c1-20(2)15-6-7-17-16(19-15)18-13-4-3-5-14(12-13)25(22,23)21-8-10-24-11-9-21/h3-7,12H,8-11H2,1-2H3,(H,17,18,19)/p+1. The predicted octanol–water partition coefficient (Wildman–Crippen LogP) is 0.0171. The molecule has 1 aromatic heterocycles. The second kappa shape index (κ2) is 7.44. The van der Waals surface area contributed by atoms with Gasteiger partial charge in [-0.3, -0.25) is 4.90 Å². The Labute approximate surface area is 147 Å². The number of quaternary nitrogens is 1. The number of anilines is 2. The Morgan fingerprint density at radius 2 is 1.96 bits per heavy atom. The van der Waals surface area contributed by atoms with Gasteiger partial charge >= 0.3 is 0 Å². The molecule has 0 atom stereocenters. The molecule has 1 fully saturated rings. The number of rotatable bonds is 5. The van der Waals surface area contributed by atoms with Crippen LogP contribution in [0.3, 0.4) is 0 Å². The second-order valence-corrected chi connectivity index (χ2v) is 7.87. The molecule has 0 aliphatic carbocycles. The smallest absolute Gasteiger partial charge is 0.243 e. The average Bonchev–Trinajstić information content (AvgIpc) is 2.63. The van der Waals surface area contributed by atoms with E-state index in [0.29, 0.717) is 37.9 Å². The van der Waals surface area contributed by atoms with Crippen molar-refractivity contribution in [3.05, 3.63) is 36.5 Å². The maximum Gasteiger partial charge on any atom is 0.243 e. The van der Waals surface area contributed by atoms with Gasteiger partial charge in [-0.2, -0.15) is 9.29 Å². The molecule has 0 unspecified atom stereocenters. The minimum atomic E-state index is -3.53. The van der Waals surface area contributed by atoms with Crippen LogP contribution in [0.15, 0.2) is 41.4 Å². The molecule has 1 aromatic carbocycles. The molecule has 1 saturated heterocycles. The molecule has 0 spiro atoms. The number of nitrogens with one attached hydrogen (secondary N) is 2. The Morgan fingerprint density at radius 1 is 1.20 bits per heavy atom. The van der Waals surface area contributed by atoms with Crippen LogP contribution in [0.4, 0.5) is 17.5 Å². The summed E-state index contributed by atoms with van der Waals surface area (Å²) in [6.45, 7) is 1.59. The first kappa shape index (κ1) is 17.7. The van der Waals surface area contributed by atoms with E-state index in [-0.39, 0.29) is 4.90 Å². The van der Waals surface area contributed by atoms with Crippen LogP contribution in [0.1, 0.15) is 0 Å². The van der Waals surface area contributed by atoms with Crippen LogP contribution < -0.4 is 10.2 Å². The third kappa shape index (κ3) is 4.13. The van der Waals surface area contributed by atoms with Crippen molar-refractivity contribution in [2.75, 3.05) is 45.7 Å². The fourth-order valence-corrected chi connectivity index (χ4v) is 3.95. The van der Waals surface area contributed by atoms with Gasteiger partial charge in [0.25, 0.3) is 0 Å². The molecule has 25 heavy (non-hydrogen) atoms. The zero-order chi connectivity index (χ0) is 17.9. The number of ether oxygens (including phenoxy) is 1. The van der Waals surface area contributed by atoms with Gasteiger partial charge in [-0.05, 0) is 18.2 Å². The van der Waals surface area contributed by atoms with Crippen LogP contribution in [0.5, 0.6) is 0 Å². The topological polar surface area (TPSA) is 88.9 Å². The van der Waals surface area contributed by atoms with Gasteiger partial charge in [-0.1, -0.05) is 6.07 Å². The van der Waals surface area contributed by atoms with Crippen LogP contribution in [-0.2, 0) is 14.8 Å². The van der Waals surface area contributed by atoms with Crippen LogP contribution in [0.25, 0.3) is 0 Å². The van der Waals surface area contributed by atoms with Crippen LogP contribution in [0.2, 0.25) is 0 Å². The highest BCUT2D eigenvalue weighted by Crippen LogP contribution is 2.22. The van der Waals surface area contributed by atoms with Crippen molar-refractivity contribution >= 4 is 27.5 Å². The molecule has 0 saturated carbocycles. The lowest BCUT2D eigenvalue weighted by Gasteiger charge is -2.26. The highest BCUT2D eigenvalue weighted by molar-refractivity contribution is 7.89. The number of sulfonamides is 1. The van der Waals surface area contributed by atoms with Gasteiger partial charge in [0.05, 0.1) is 32.2 Å². The molecule has 3 rings (SSSR count). The molecule has 2 heterocycles. The van der Waals surface area contributed by atoms with Crippen LogP contribution in [-0.4, -0.2) is 63.1 Å². The summed E-state index contributed by atoms with van der Waals surface area (Å²) in [6, 6.07) is 8.52. The van der Waals surface area contributed by atoms with Crippen molar-refractivity contribution in [3.63, 3.8) is 0 Å². The van der Waals surface area contributed by atoms with Gasteiger partial charge in [0, 0.05) is 31.0 Å². The summed E-state index contributed by atoms with van der Waals surface area (Å²) in [6.07, 6.45) is 1.67. The summed E-state index contributed by atoms with van der Waals surface area (Å²) in [7, 11) is 0.418. The number of nitrogens with zero attached hydrogens (tertiary/aromatic N) is 3. The van der Waals surface area contributed by atoms with Crippen LogP contribution >= 0.6 is 0 Å². The molecule has 9 heteroatoms. The summed E-state index contributed by atoms with van der Waals surface area (Å²) in [5.41, 5.74) is 0.625. The monoisotopic (exact) mass is 364 g/mol. The Hall–Kier alpha value is -2.07. The zero-order valence-electron chi connectivity index (χ0n) is 14.3. The summed E-state index contributed by atoms with van der Waals surface area (Å²) in [5, 5.41) is 3.07. The van der Waals surface area contributed by atoms with Crippen molar-refractivity contribution in [2.24, 2.45) is 0 Å². The van der Waals surface area contributed by atoms with Crippen LogP contribution in [0, 0.1) is 0 Å². The number of hydrogen-bond donors (Lipinski definition) is 2. The van der Waals surface area contributed by atoms with E-state index in [0.717, 1.165) is 10.7 Å². The average molecular weight is 364 g/mol. The molecule has 0 amide bonds. The van der Waals surface area contributed by atoms with Gasteiger partial charge in [0.1, 0.15) is 0 Å². The minimum absolute atomic E-state index is 0.244. The predicted molar refractivity (Wildman–Crippen MR) is 93.8 cm³/mol. The molecule has 2 N–H and O–H groups in total. The third-order valence-electron chi connectivity index (χ3n) is 3.87. The normalized spacial score (nSPS) is 16.1. The van der Waals surface area contributed by atoms with Gasteiger partial charge < -0.3 is 10.1 Å².